The molecule has 0 spiro atoms. The first-order valence-electron chi connectivity index (χ1n) is 5.04. The molecule has 98 valence electrons. The van der Waals surface area contributed by atoms with Crippen LogP contribution in [0.1, 0.15) is 0 Å². The molecule has 2 aromatic carbocycles. The second-order valence-corrected chi connectivity index (χ2v) is 4.36. The van der Waals surface area contributed by atoms with Crippen LogP contribution in [0, 0.1) is 15.9 Å². The van der Waals surface area contributed by atoms with Crippen molar-refractivity contribution in [2.75, 3.05) is 0 Å². The minimum absolute atomic E-state index is 0.135. The molecule has 2 aromatic rings. The van der Waals surface area contributed by atoms with E-state index in [-0.39, 0.29) is 22.2 Å². The van der Waals surface area contributed by atoms with Gasteiger partial charge in [0.2, 0.25) is 0 Å². The summed E-state index contributed by atoms with van der Waals surface area (Å²) in [5, 5.41) is 11.1. The lowest BCUT2D eigenvalue weighted by Crippen LogP contribution is -1.92. The van der Waals surface area contributed by atoms with Crippen molar-refractivity contribution in [3.8, 4) is 11.5 Å². The van der Waals surface area contributed by atoms with Gasteiger partial charge in [0, 0.05) is 12.1 Å². The third-order valence-corrected chi connectivity index (χ3v) is 2.98. The molecule has 0 atom stereocenters. The molecule has 2 rings (SSSR count). The van der Waals surface area contributed by atoms with Crippen molar-refractivity contribution >= 4 is 28.9 Å². The van der Waals surface area contributed by atoms with Gasteiger partial charge in [-0.15, -0.1) is 0 Å². The Hall–Kier alpha value is -1.85. The van der Waals surface area contributed by atoms with Crippen LogP contribution in [-0.2, 0) is 0 Å². The fourth-order valence-electron chi connectivity index (χ4n) is 1.35. The zero-order chi connectivity index (χ0) is 14.0. The number of hydrogen-bond donors (Lipinski definition) is 0. The van der Waals surface area contributed by atoms with Crippen LogP contribution in [0.5, 0.6) is 11.5 Å². The molecule has 4 nitrogen and oxygen atoms in total. The van der Waals surface area contributed by atoms with Crippen LogP contribution in [0.2, 0.25) is 10.0 Å². The van der Waals surface area contributed by atoms with Crippen molar-refractivity contribution in [2.45, 2.75) is 0 Å². The number of rotatable bonds is 3. The van der Waals surface area contributed by atoms with E-state index in [4.69, 9.17) is 27.9 Å². The Labute approximate surface area is 117 Å². The number of benzene rings is 2. The van der Waals surface area contributed by atoms with Gasteiger partial charge in [0.05, 0.1) is 21.0 Å². The Morgan fingerprint density at radius 3 is 2.42 bits per heavy atom. The molecule has 0 saturated carbocycles. The van der Waals surface area contributed by atoms with E-state index in [0.717, 1.165) is 12.1 Å². The van der Waals surface area contributed by atoms with Crippen LogP contribution in [0.3, 0.4) is 0 Å². The standard InChI is InChI=1S/C12H6Cl2FNO3/c13-9-3-2-8(6-10(9)14)19-12-4-1-7(16(17)18)5-11(12)15/h1-6H. The van der Waals surface area contributed by atoms with Crippen molar-refractivity contribution in [2.24, 2.45) is 0 Å². The molecule has 0 aromatic heterocycles. The number of hydrogen-bond acceptors (Lipinski definition) is 3. The zero-order valence-corrected chi connectivity index (χ0v) is 10.8. The van der Waals surface area contributed by atoms with Gasteiger partial charge in [0.1, 0.15) is 5.75 Å². The maximum Gasteiger partial charge on any atom is 0.272 e. The van der Waals surface area contributed by atoms with Crippen LogP contribution in [0.4, 0.5) is 10.1 Å². The van der Waals surface area contributed by atoms with Gasteiger partial charge in [-0.1, -0.05) is 23.2 Å². The maximum absolute atomic E-state index is 13.6. The first-order valence-corrected chi connectivity index (χ1v) is 5.80. The van der Waals surface area contributed by atoms with Gasteiger partial charge in [-0.3, -0.25) is 10.1 Å². The molecule has 0 unspecified atom stereocenters. The summed E-state index contributed by atoms with van der Waals surface area (Å²) in [5.41, 5.74) is -0.348. The summed E-state index contributed by atoms with van der Waals surface area (Å²) >= 11 is 11.5. The Morgan fingerprint density at radius 2 is 1.84 bits per heavy atom. The van der Waals surface area contributed by atoms with Crippen molar-refractivity contribution in [1.29, 1.82) is 0 Å². The van der Waals surface area contributed by atoms with E-state index in [2.05, 4.69) is 0 Å². The summed E-state index contributed by atoms with van der Waals surface area (Å²) in [6.45, 7) is 0. The summed E-state index contributed by atoms with van der Waals surface area (Å²) in [4.78, 5) is 9.78. The SMILES string of the molecule is O=[N+]([O-])c1ccc(Oc2ccc(Cl)c(Cl)c2)c(F)c1. The van der Waals surface area contributed by atoms with Gasteiger partial charge in [-0.2, -0.15) is 0 Å². The predicted molar refractivity (Wildman–Crippen MR) is 69.6 cm³/mol. The number of nitro groups is 1. The minimum Gasteiger partial charge on any atom is -0.454 e. The zero-order valence-electron chi connectivity index (χ0n) is 9.27. The molecular weight excluding hydrogens is 296 g/mol. The second kappa shape index (κ2) is 5.42. The van der Waals surface area contributed by atoms with E-state index < -0.39 is 10.7 Å². The van der Waals surface area contributed by atoms with E-state index in [1.165, 1.54) is 24.3 Å². The Balaban J connectivity index is 2.28. The van der Waals surface area contributed by atoms with Crippen LogP contribution in [0.25, 0.3) is 0 Å². The fourth-order valence-corrected chi connectivity index (χ4v) is 1.64. The minimum atomic E-state index is -0.833. The van der Waals surface area contributed by atoms with E-state index in [1.54, 1.807) is 0 Å². The molecule has 7 heteroatoms. The second-order valence-electron chi connectivity index (χ2n) is 3.55. The average Bonchev–Trinajstić information content (AvgIpc) is 2.36. The third kappa shape index (κ3) is 3.13. The van der Waals surface area contributed by atoms with Crippen LogP contribution in [0.15, 0.2) is 36.4 Å². The van der Waals surface area contributed by atoms with Crippen LogP contribution in [-0.4, -0.2) is 4.92 Å². The molecule has 0 heterocycles. The summed E-state index contributed by atoms with van der Waals surface area (Å²) in [7, 11) is 0. The Bertz CT molecular complexity index is 649. The summed E-state index contributed by atoms with van der Waals surface area (Å²) in [5.74, 6) is -0.689. The molecule has 0 fully saturated rings. The number of non-ortho nitro benzene ring substituents is 1. The molecule has 0 aliphatic heterocycles. The normalized spacial score (nSPS) is 10.3. The Morgan fingerprint density at radius 1 is 1.11 bits per heavy atom. The lowest BCUT2D eigenvalue weighted by atomic mass is 10.3. The molecule has 0 N–H and O–H groups in total. The highest BCUT2D eigenvalue weighted by atomic mass is 35.5. The van der Waals surface area contributed by atoms with Crippen molar-refractivity contribution < 1.29 is 14.1 Å². The number of halogens is 3. The molecule has 0 amide bonds. The van der Waals surface area contributed by atoms with Crippen molar-refractivity contribution in [1.82, 2.24) is 0 Å². The number of nitrogens with zero attached hydrogens (tertiary/aromatic N) is 1. The molecule has 0 aliphatic rings. The highest BCUT2D eigenvalue weighted by Gasteiger charge is 2.12. The quantitative estimate of drug-likeness (QED) is 0.602. The highest BCUT2D eigenvalue weighted by Crippen LogP contribution is 2.31. The molecular formula is C12H6Cl2FNO3. The monoisotopic (exact) mass is 301 g/mol. The van der Waals surface area contributed by atoms with Gasteiger partial charge in [0.15, 0.2) is 11.6 Å². The molecule has 19 heavy (non-hydrogen) atoms. The Kier molecular flexibility index (Phi) is 3.87. The lowest BCUT2D eigenvalue weighted by Gasteiger charge is -2.07. The third-order valence-electron chi connectivity index (χ3n) is 2.25. The fraction of sp³-hybridized carbons (Fsp3) is 0. The topological polar surface area (TPSA) is 52.4 Å². The molecule has 0 aliphatic carbocycles. The van der Waals surface area contributed by atoms with Crippen molar-refractivity contribution in [3.05, 3.63) is 62.4 Å². The summed E-state index contributed by atoms with van der Waals surface area (Å²) < 4.78 is 18.8. The van der Waals surface area contributed by atoms with Gasteiger partial charge >= 0.3 is 0 Å². The van der Waals surface area contributed by atoms with Gasteiger partial charge in [-0.25, -0.2) is 4.39 Å². The van der Waals surface area contributed by atoms with E-state index in [9.17, 15) is 14.5 Å². The summed E-state index contributed by atoms with van der Waals surface area (Å²) in [6.07, 6.45) is 0. The molecule has 0 bridgehead atoms. The first kappa shape index (κ1) is 13.6. The van der Waals surface area contributed by atoms with E-state index in [1.807, 2.05) is 0 Å². The molecule has 0 radical (unpaired) electrons. The molecule has 0 saturated heterocycles. The predicted octanol–water partition coefficient (Wildman–Crippen LogP) is 4.83. The van der Waals surface area contributed by atoms with Crippen LogP contribution < -0.4 is 4.74 Å². The van der Waals surface area contributed by atoms with Crippen LogP contribution >= 0.6 is 23.2 Å². The summed E-state index contributed by atoms with van der Waals surface area (Å²) in [6, 6.07) is 7.54. The van der Waals surface area contributed by atoms with Gasteiger partial charge in [0.25, 0.3) is 5.69 Å². The lowest BCUT2D eigenvalue weighted by molar-refractivity contribution is -0.385. The number of ether oxygens (including phenoxy) is 1. The smallest absolute Gasteiger partial charge is 0.272 e. The number of nitro benzene ring substituents is 1. The van der Waals surface area contributed by atoms with E-state index >= 15 is 0 Å². The van der Waals surface area contributed by atoms with E-state index in [0.29, 0.717) is 5.02 Å². The van der Waals surface area contributed by atoms with Gasteiger partial charge in [-0.05, 0) is 18.2 Å². The largest absolute Gasteiger partial charge is 0.454 e. The highest BCUT2D eigenvalue weighted by molar-refractivity contribution is 6.42. The maximum atomic E-state index is 13.6. The van der Waals surface area contributed by atoms with Gasteiger partial charge < -0.3 is 4.74 Å². The van der Waals surface area contributed by atoms with Crippen molar-refractivity contribution in [3.63, 3.8) is 0 Å². The average molecular weight is 302 g/mol. The first-order chi connectivity index (χ1) is 8.97.